The lowest BCUT2D eigenvalue weighted by Gasteiger charge is -2.18. The fourth-order valence-electron chi connectivity index (χ4n) is 3.78. The van der Waals surface area contributed by atoms with E-state index >= 15 is 0 Å². The third kappa shape index (κ3) is 4.93. The molecule has 2 aliphatic heterocycles. The van der Waals surface area contributed by atoms with Crippen LogP contribution in [0.3, 0.4) is 0 Å². The predicted octanol–water partition coefficient (Wildman–Crippen LogP) is 3.48. The maximum absolute atomic E-state index is 5.31. The molecule has 1 aromatic carbocycles. The van der Waals surface area contributed by atoms with Gasteiger partial charge in [-0.2, -0.15) is 12.6 Å². The van der Waals surface area contributed by atoms with Gasteiger partial charge in [0.25, 0.3) is 0 Å². The van der Waals surface area contributed by atoms with Crippen LogP contribution in [0.5, 0.6) is 5.75 Å². The summed E-state index contributed by atoms with van der Waals surface area (Å²) in [6, 6.07) is 6.92. The number of nitrogens with zero attached hydrogens (tertiary/aromatic N) is 1. The van der Waals surface area contributed by atoms with Crippen molar-refractivity contribution in [3.05, 3.63) is 30.0 Å². The Hall–Kier alpha value is -1.17. The molecule has 3 heterocycles. The maximum atomic E-state index is 5.31. The first-order valence-electron chi connectivity index (χ1n) is 9.40. The second-order valence-electron chi connectivity index (χ2n) is 7.21. The molecule has 25 heavy (non-hydrogen) atoms. The molecule has 0 aliphatic carbocycles. The van der Waals surface area contributed by atoms with Crippen molar-refractivity contribution in [1.82, 2.24) is 15.2 Å². The average molecular weight is 362 g/mol. The number of aromatic amines is 1. The number of methoxy groups -OCH3 is 1. The maximum Gasteiger partial charge on any atom is 0.119 e. The number of hydrogen-bond acceptors (Lipinski definition) is 4. The summed E-state index contributed by atoms with van der Waals surface area (Å²) in [5, 5.41) is 5.18. The van der Waals surface area contributed by atoms with Gasteiger partial charge in [0.1, 0.15) is 5.75 Å². The number of thiol groups is 1. The number of fused-ring (bicyclic) bond motifs is 1. The molecule has 2 atom stereocenters. The highest BCUT2D eigenvalue weighted by Crippen LogP contribution is 2.27. The van der Waals surface area contributed by atoms with Gasteiger partial charge >= 0.3 is 0 Å². The Kier molecular flexibility index (Phi) is 6.68. The fourth-order valence-corrected chi connectivity index (χ4v) is 4.09. The number of piperidine rings is 1. The second kappa shape index (κ2) is 8.97. The lowest BCUT2D eigenvalue weighted by atomic mass is 10.0. The van der Waals surface area contributed by atoms with Crippen molar-refractivity contribution < 1.29 is 4.74 Å². The number of hydrogen-bond donors (Lipinski definition) is 3. The average Bonchev–Trinajstić information content (AvgIpc) is 3.23. The van der Waals surface area contributed by atoms with Crippen LogP contribution in [-0.2, 0) is 6.42 Å². The predicted molar refractivity (Wildman–Crippen MR) is 109 cm³/mol. The first-order chi connectivity index (χ1) is 12.2. The Morgan fingerprint density at radius 1 is 1.28 bits per heavy atom. The molecule has 0 bridgehead atoms. The first-order valence-corrected chi connectivity index (χ1v) is 9.92. The minimum atomic E-state index is 0.619. The van der Waals surface area contributed by atoms with Gasteiger partial charge in [-0.05, 0) is 76.0 Å². The number of benzene rings is 1. The molecule has 1 aromatic heterocycles. The molecule has 2 fully saturated rings. The zero-order chi connectivity index (χ0) is 17.6. The zero-order valence-electron chi connectivity index (χ0n) is 15.4. The van der Waals surface area contributed by atoms with Gasteiger partial charge in [0.2, 0.25) is 0 Å². The van der Waals surface area contributed by atoms with E-state index in [1.165, 1.54) is 55.2 Å². The monoisotopic (exact) mass is 361 g/mol. The van der Waals surface area contributed by atoms with Crippen molar-refractivity contribution in [2.24, 2.45) is 0 Å². The van der Waals surface area contributed by atoms with Crippen LogP contribution >= 0.6 is 12.6 Å². The summed E-state index contributed by atoms with van der Waals surface area (Å²) in [5.41, 5.74) is 2.61. The summed E-state index contributed by atoms with van der Waals surface area (Å²) < 4.78 is 5.31. The summed E-state index contributed by atoms with van der Waals surface area (Å²) in [7, 11) is 3.95. The minimum absolute atomic E-state index is 0.619. The fraction of sp³-hybridized carbons (Fsp3) is 0.600. The number of nitrogens with one attached hydrogen (secondary N) is 2. The number of rotatable bonds is 3. The van der Waals surface area contributed by atoms with E-state index in [0.29, 0.717) is 11.3 Å². The number of ether oxygens (including phenoxy) is 1. The Labute approximate surface area is 156 Å². The molecular weight excluding hydrogens is 330 g/mol. The van der Waals surface area contributed by atoms with Crippen molar-refractivity contribution in [2.45, 2.75) is 43.4 Å². The van der Waals surface area contributed by atoms with E-state index < -0.39 is 0 Å². The summed E-state index contributed by atoms with van der Waals surface area (Å²) in [6.45, 7) is 3.52. The zero-order valence-corrected chi connectivity index (χ0v) is 16.3. The first kappa shape index (κ1) is 18.6. The molecule has 2 saturated heterocycles. The van der Waals surface area contributed by atoms with Crippen molar-refractivity contribution in [2.75, 3.05) is 33.8 Å². The third-order valence-electron chi connectivity index (χ3n) is 5.37. The van der Waals surface area contributed by atoms with Gasteiger partial charge in [0.15, 0.2) is 0 Å². The molecule has 0 spiro atoms. The van der Waals surface area contributed by atoms with Crippen LogP contribution in [0.1, 0.15) is 31.2 Å². The molecule has 5 heteroatoms. The molecule has 4 rings (SSSR count). The Morgan fingerprint density at radius 2 is 2.16 bits per heavy atom. The van der Waals surface area contributed by atoms with Crippen LogP contribution in [0, 0.1) is 0 Å². The quantitative estimate of drug-likeness (QED) is 0.733. The standard InChI is InChI=1S/C15H20N2O.C5H11NS/c1-17-7-3-4-12(17)8-11-10-16-15-6-5-13(18-2)9-14(11)15;7-5-2-1-3-6-4-5/h5-6,9-10,12,16H,3-4,7-8H2,1-2H3;5-7H,1-4H2. The molecular formula is C20H31N3OS. The van der Waals surface area contributed by atoms with Gasteiger partial charge in [-0.15, -0.1) is 0 Å². The highest BCUT2D eigenvalue weighted by Gasteiger charge is 2.22. The molecule has 0 amide bonds. The van der Waals surface area contributed by atoms with Crippen LogP contribution in [0.15, 0.2) is 24.4 Å². The van der Waals surface area contributed by atoms with Gasteiger partial charge in [0, 0.05) is 34.9 Å². The van der Waals surface area contributed by atoms with Crippen LogP contribution < -0.4 is 10.1 Å². The Bertz CT molecular complexity index is 666. The molecule has 0 saturated carbocycles. The molecule has 2 unspecified atom stereocenters. The molecule has 2 aromatic rings. The van der Waals surface area contributed by atoms with Gasteiger partial charge in [0.05, 0.1) is 7.11 Å². The summed E-state index contributed by atoms with van der Waals surface area (Å²) in [6.07, 6.45) is 8.50. The molecule has 0 radical (unpaired) electrons. The van der Waals surface area contributed by atoms with E-state index in [1.807, 2.05) is 6.07 Å². The SMILES string of the molecule is COc1ccc2[nH]cc(CC3CCCN3C)c2c1.SC1CCCNC1. The summed E-state index contributed by atoms with van der Waals surface area (Å²) in [5.74, 6) is 0.933. The highest BCUT2D eigenvalue weighted by atomic mass is 32.1. The van der Waals surface area contributed by atoms with E-state index in [-0.39, 0.29) is 0 Å². The van der Waals surface area contributed by atoms with E-state index in [9.17, 15) is 0 Å². The lowest BCUT2D eigenvalue weighted by molar-refractivity contribution is 0.310. The van der Waals surface area contributed by atoms with Crippen molar-refractivity contribution in [3.8, 4) is 5.75 Å². The number of likely N-dealkylation sites (N-methyl/N-ethyl adjacent to an activating group) is 1. The van der Waals surface area contributed by atoms with Gasteiger partial charge in [-0.25, -0.2) is 0 Å². The molecule has 138 valence electrons. The molecule has 4 nitrogen and oxygen atoms in total. The number of H-pyrrole nitrogens is 1. The van der Waals surface area contributed by atoms with Crippen molar-refractivity contribution >= 4 is 23.5 Å². The largest absolute Gasteiger partial charge is 0.497 e. The number of likely N-dealkylation sites (tertiary alicyclic amines) is 1. The number of aromatic nitrogens is 1. The van der Waals surface area contributed by atoms with Crippen LogP contribution in [0.25, 0.3) is 10.9 Å². The lowest BCUT2D eigenvalue weighted by Crippen LogP contribution is -2.29. The topological polar surface area (TPSA) is 40.3 Å². The normalized spacial score (nSPS) is 24.1. The van der Waals surface area contributed by atoms with Crippen LogP contribution in [0.4, 0.5) is 0 Å². The van der Waals surface area contributed by atoms with Gasteiger partial charge in [-0.3, -0.25) is 0 Å². The van der Waals surface area contributed by atoms with Crippen molar-refractivity contribution in [1.29, 1.82) is 0 Å². The van der Waals surface area contributed by atoms with E-state index in [1.54, 1.807) is 7.11 Å². The van der Waals surface area contributed by atoms with Crippen LogP contribution in [-0.4, -0.2) is 55.0 Å². The van der Waals surface area contributed by atoms with Crippen molar-refractivity contribution in [3.63, 3.8) is 0 Å². The molecule has 2 N–H and O–H groups in total. The van der Waals surface area contributed by atoms with Gasteiger partial charge in [-0.1, -0.05) is 0 Å². The smallest absolute Gasteiger partial charge is 0.119 e. The summed E-state index contributed by atoms with van der Waals surface area (Å²) >= 11 is 4.30. The highest BCUT2D eigenvalue weighted by molar-refractivity contribution is 7.81. The minimum Gasteiger partial charge on any atom is -0.497 e. The van der Waals surface area contributed by atoms with Gasteiger partial charge < -0.3 is 19.9 Å². The molecule has 2 aliphatic rings. The van der Waals surface area contributed by atoms with Crippen LogP contribution in [0.2, 0.25) is 0 Å². The summed E-state index contributed by atoms with van der Waals surface area (Å²) in [4.78, 5) is 5.83. The Morgan fingerprint density at radius 3 is 2.76 bits per heavy atom. The second-order valence-corrected chi connectivity index (χ2v) is 7.94. The van der Waals surface area contributed by atoms with E-state index in [0.717, 1.165) is 18.7 Å². The Balaban J connectivity index is 0.000000219. The third-order valence-corrected chi connectivity index (χ3v) is 5.81. The van der Waals surface area contributed by atoms with E-state index in [2.05, 4.69) is 53.2 Å². The van der Waals surface area contributed by atoms with E-state index in [4.69, 9.17) is 4.74 Å².